The van der Waals surface area contributed by atoms with Gasteiger partial charge in [0.2, 0.25) is 5.75 Å². The molecule has 10 heteroatoms. The van der Waals surface area contributed by atoms with Crippen molar-refractivity contribution in [2.75, 3.05) is 0 Å². The molecule has 1 aromatic rings. The number of Topliss-reactive ketones (excluding diaryl/α,β-unsaturated/α-hetero) is 1. The molecule has 0 N–H and O–H groups in total. The van der Waals surface area contributed by atoms with E-state index < -0.39 is 46.1 Å². The first-order chi connectivity index (χ1) is 9.04. The van der Waals surface area contributed by atoms with Crippen LogP contribution in [0.15, 0.2) is 12.1 Å². The largest absolute Gasteiger partial charge is 0.427 e. The second kappa shape index (κ2) is 5.39. The van der Waals surface area contributed by atoms with Gasteiger partial charge in [0.15, 0.2) is 5.78 Å². The quantitative estimate of drug-likeness (QED) is 0.370. The zero-order chi connectivity index (χ0) is 15.7. The summed E-state index contributed by atoms with van der Waals surface area (Å²) in [5, 5.41) is 10.6. The normalized spacial score (nSPS) is 11.6. The molecule has 0 radical (unpaired) electrons. The zero-order valence-corrected chi connectivity index (χ0v) is 9.70. The first kappa shape index (κ1) is 15.8. The van der Waals surface area contributed by atoms with Crippen molar-refractivity contribution < 1.29 is 36.4 Å². The number of ether oxygens (including phenoxy) is 1. The highest BCUT2D eigenvalue weighted by atomic mass is 19.4. The summed E-state index contributed by atoms with van der Waals surface area (Å²) in [6.07, 6.45) is -5.20. The fourth-order valence-electron chi connectivity index (χ4n) is 1.40. The van der Waals surface area contributed by atoms with Crippen LogP contribution in [0.1, 0.15) is 22.8 Å². The van der Waals surface area contributed by atoms with Crippen LogP contribution in [-0.4, -0.2) is 17.3 Å². The van der Waals surface area contributed by atoms with Gasteiger partial charge in [0.05, 0.1) is 4.92 Å². The summed E-state index contributed by atoms with van der Waals surface area (Å²) in [5.41, 5.74) is -4.12. The number of hydrogen-bond donors (Lipinski definition) is 0. The molecule has 5 nitrogen and oxygen atoms in total. The monoisotopic (exact) mass is 299 g/mol. The van der Waals surface area contributed by atoms with Crippen molar-refractivity contribution in [3.8, 4) is 5.75 Å². The van der Waals surface area contributed by atoms with Crippen molar-refractivity contribution in [1.29, 1.82) is 0 Å². The lowest BCUT2D eigenvalue weighted by molar-refractivity contribution is -0.389. The van der Waals surface area contributed by atoms with Crippen LogP contribution in [0.2, 0.25) is 0 Å². The summed E-state index contributed by atoms with van der Waals surface area (Å²) in [6.45, 7) is -2.69. The van der Waals surface area contributed by atoms with E-state index in [-0.39, 0.29) is 6.07 Å². The molecule has 20 heavy (non-hydrogen) atoms. The Morgan fingerprint density at radius 2 is 1.90 bits per heavy atom. The zero-order valence-electron chi connectivity index (χ0n) is 9.70. The van der Waals surface area contributed by atoms with E-state index in [0.717, 1.165) is 6.92 Å². The van der Waals surface area contributed by atoms with Crippen LogP contribution in [0.3, 0.4) is 0 Å². The lowest BCUT2D eigenvalue weighted by Gasteiger charge is -2.12. The van der Waals surface area contributed by atoms with Crippen molar-refractivity contribution in [3.05, 3.63) is 33.4 Å². The number of ketones is 1. The van der Waals surface area contributed by atoms with Gasteiger partial charge < -0.3 is 4.74 Å². The van der Waals surface area contributed by atoms with Crippen molar-refractivity contribution in [1.82, 2.24) is 0 Å². The number of alkyl halides is 5. The third kappa shape index (κ3) is 3.39. The molecule has 0 aliphatic heterocycles. The Morgan fingerprint density at radius 3 is 2.25 bits per heavy atom. The summed E-state index contributed by atoms with van der Waals surface area (Å²) in [5.74, 6) is -2.20. The van der Waals surface area contributed by atoms with Crippen molar-refractivity contribution >= 4 is 11.5 Å². The standard InChI is InChI=1S/C10H6F5NO4/c1-4(17)5-2-6(10(13,14)15)8(16(18)19)7(3-5)20-9(11)12/h2-3,9H,1H3. The SMILES string of the molecule is CC(=O)c1cc(OC(F)F)c([N+](=O)[O-])c(C(F)(F)F)c1. The number of benzene rings is 1. The third-order valence-electron chi connectivity index (χ3n) is 2.19. The number of nitro groups is 1. The van der Waals surface area contributed by atoms with Gasteiger partial charge in [-0.3, -0.25) is 14.9 Å². The molecule has 0 atom stereocenters. The fourth-order valence-corrected chi connectivity index (χ4v) is 1.40. The number of rotatable bonds is 4. The third-order valence-corrected chi connectivity index (χ3v) is 2.19. The number of nitrogens with zero attached hydrogens (tertiary/aromatic N) is 1. The van der Waals surface area contributed by atoms with E-state index in [0.29, 0.717) is 6.07 Å². The van der Waals surface area contributed by atoms with Gasteiger partial charge in [0.25, 0.3) is 0 Å². The molecule has 0 saturated carbocycles. The Kier molecular flexibility index (Phi) is 4.26. The number of nitro benzene ring substituents is 1. The predicted octanol–water partition coefficient (Wildman–Crippen LogP) is 3.42. The summed E-state index contributed by atoms with van der Waals surface area (Å²) in [4.78, 5) is 20.2. The van der Waals surface area contributed by atoms with Gasteiger partial charge in [-0.05, 0) is 19.1 Å². The Hall–Kier alpha value is -2.26. The minimum atomic E-state index is -5.20. The van der Waals surface area contributed by atoms with Crippen LogP contribution in [0, 0.1) is 10.1 Å². The number of halogens is 5. The van der Waals surface area contributed by atoms with Gasteiger partial charge in [-0.2, -0.15) is 22.0 Å². The fraction of sp³-hybridized carbons (Fsp3) is 0.300. The first-order valence-corrected chi connectivity index (χ1v) is 4.89. The van der Waals surface area contributed by atoms with Crippen LogP contribution in [0.5, 0.6) is 5.75 Å². The molecule has 0 saturated heterocycles. The molecule has 0 unspecified atom stereocenters. The topological polar surface area (TPSA) is 69.4 Å². The van der Waals surface area contributed by atoms with E-state index >= 15 is 0 Å². The molecule has 1 aromatic carbocycles. The highest BCUT2D eigenvalue weighted by Crippen LogP contribution is 2.42. The Morgan fingerprint density at radius 1 is 1.35 bits per heavy atom. The van der Waals surface area contributed by atoms with Gasteiger partial charge in [-0.15, -0.1) is 0 Å². The molecule has 0 aromatic heterocycles. The lowest BCUT2D eigenvalue weighted by atomic mass is 10.0. The Balaban J connectivity index is 3.66. The average Bonchev–Trinajstić information content (AvgIpc) is 2.25. The summed E-state index contributed by atoms with van der Waals surface area (Å²) >= 11 is 0. The van der Waals surface area contributed by atoms with Gasteiger partial charge >= 0.3 is 18.5 Å². The van der Waals surface area contributed by atoms with Crippen LogP contribution in [0.4, 0.5) is 27.6 Å². The van der Waals surface area contributed by atoms with Crippen molar-refractivity contribution in [2.24, 2.45) is 0 Å². The summed E-state index contributed by atoms with van der Waals surface area (Å²) in [6, 6.07) is 0.695. The van der Waals surface area contributed by atoms with E-state index in [1.54, 1.807) is 0 Å². The molecule has 110 valence electrons. The van der Waals surface area contributed by atoms with Crippen LogP contribution in [0.25, 0.3) is 0 Å². The molecule has 0 amide bonds. The number of hydrogen-bond acceptors (Lipinski definition) is 4. The number of carbonyl (C=O) groups is 1. The second-order valence-electron chi connectivity index (χ2n) is 3.56. The molecule has 0 aliphatic rings. The maximum Gasteiger partial charge on any atom is 0.423 e. The minimum Gasteiger partial charge on any atom is -0.427 e. The Labute approximate surface area is 108 Å². The number of carbonyl (C=O) groups excluding carboxylic acids is 1. The molecule has 0 bridgehead atoms. The van der Waals surface area contributed by atoms with Crippen LogP contribution >= 0.6 is 0 Å². The Bertz CT molecular complexity index is 555. The van der Waals surface area contributed by atoms with Crippen LogP contribution in [-0.2, 0) is 6.18 Å². The molecule has 0 aliphatic carbocycles. The van der Waals surface area contributed by atoms with E-state index in [1.807, 2.05) is 0 Å². The lowest BCUT2D eigenvalue weighted by Crippen LogP contribution is -2.14. The molecule has 1 rings (SSSR count). The van der Waals surface area contributed by atoms with E-state index in [4.69, 9.17) is 0 Å². The maximum absolute atomic E-state index is 12.7. The van der Waals surface area contributed by atoms with Crippen molar-refractivity contribution in [2.45, 2.75) is 19.7 Å². The highest BCUT2D eigenvalue weighted by Gasteiger charge is 2.41. The van der Waals surface area contributed by atoms with E-state index in [9.17, 15) is 36.9 Å². The summed E-state index contributed by atoms with van der Waals surface area (Å²) in [7, 11) is 0. The maximum atomic E-state index is 12.7. The van der Waals surface area contributed by atoms with E-state index in [2.05, 4.69) is 4.74 Å². The highest BCUT2D eigenvalue weighted by molar-refractivity contribution is 5.95. The summed E-state index contributed by atoms with van der Waals surface area (Å²) < 4.78 is 66.1. The molecular formula is C10H6F5NO4. The van der Waals surface area contributed by atoms with Gasteiger partial charge in [-0.25, -0.2) is 0 Å². The molecule has 0 spiro atoms. The van der Waals surface area contributed by atoms with Crippen molar-refractivity contribution in [3.63, 3.8) is 0 Å². The van der Waals surface area contributed by atoms with Gasteiger partial charge in [-0.1, -0.05) is 0 Å². The van der Waals surface area contributed by atoms with Gasteiger partial charge in [0, 0.05) is 5.56 Å². The second-order valence-corrected chi connectivity index (χ2v) is 3.56. The van der Waals surface area contributed by atoms with Crippen LogP contribution < -0.4 is 4.74 Å². The average molecular weight is 299 g/mol. The molecule has 0 fully saturated rings. The van der Waals surface area contributed by atoms with E-state index in [1.165, 1.54) is 0 Å². The molecule has 0 heterocycles. The first-order valence-electron chi connectivity index (χ1n) is 4.89. The smallest absolute Gasteiger partial charge is 0.423 e. The minimum absolute atomic E-state index is 0.221. The van der Waals surface area contributed by atoms with Gasteiger partial charge in [0.1, 0.15) is 5.56 Å². The molecular weight excluding hydrogens is 293 g/mol. The predicted molar refractivity (Wildman–Crippen MR) is 54.7 cm³/mol.